The number of carbonyl (C=O) groups is 1. The molecule has 3 nitrogen and oxygen atoms in total. The summed E-state index contributed by atoms with van der Waals surface area (Å²) in [4.78, 5) is 13.5. The van der Waals surface area contributed by atoms with Gasteiger partial charge in [-0.15, -0.1) is 0 Å². The van der Waals surface area contributed by atoms with Crippen molar-refractivity contribution in [3.8, 4) is 0 Å². The Balaban J connectivity index is 2.54. The molecule has 1 aliphatic heterocycles. The van der Waals surface area contributed by atoms with Crippen molar-refractivity contribution in [2.24, 2.45) is 11.3 Å². The highest BCUT2D eigenvalue weighted by Gasteiger charge is 2.33. The molecule has 1 rings (SSSR count). The van der Waals surface area contributed by atoms with Crippen LogP contribution in [0.5, 0.6) is 0 Å². The molecule has 0 aromatic heterocycles. The molecule has 1 heterocycles. The summed E-state index contributed by atoms with van der Waals surface area (Å²) in [6.45, 7) is 12.2. The van der Waals surface area contributed by atoms with Gasteiger partial charge in [-0.05, 0) is 17.8 Å². The topological polar surface area (TPSA) is 29.5 Å². The van der Waals surface area contributed by atoms with E-state index in [2.05, 4.69) is 34.6 Å². The predicted molar refractivity (Wildman–Crippen MR) is 60.8 cm³/mol. The molecule has 0 bridgehead atoms. The predicted octanol–water partition coefficient (Wildman–Crippen LogP) is 2.90. The first-order chi connectivity index (χ1) is 6.82. The van der Waals surface area contributed by atoms with Gasteiger partial charge in [-0.25, -0.2) is 4.79 Å². The van der Waals surface area contributed by atoms with Crippen molar-refractivity contribution in [2.45, 2.75) is 47.1 Å². The maximum atomic E-state index is 11.7. The smallest absolute Gasteiger partial charge is 0.410 e. The number of rotatable bonds is 2. The SMILES string of the molecule is CC(C)[C@H](OC(=O)N1CCC1)C(C)(C)C. The maximum Gasteiger partial charge on any atom is 0.410 e. The summed E-state index contributed by atoms with van der Waals surface area (Å²) in [6, 6.07) is 0. The summed E-state index contributed by atoms with van der Waals surface area (Å²) in [7, 11) is 0. The van der Waals surface area contributed by atoms with Crippen LogP contribution < -0.4 is 0 Å². The van der Waals surface area contributed by atoms with E-state index in [1.807, 2.05) is 0 Å². The van der Waals surface area contributed by atoms with Gasteiger partial charge in [-0.1, -0.05) is 34.6 Å². The molecule has 0 N–H and O–H groups in total. The zero-order chi connectivity index (χ0) is 11.6. The number of likely N-dealkylation sites (tertiary alicyclic amines) is 1. The van der Waals surface area contributed by atoms with Crippen LogP contribution in [0.1, 0.15) is 41.0 Å². The number of hydrogen-bond acceptors (Lipinski definition) is 2. The fourth-order valence-electron chi connectivity index (χ4n) is 1.99. The van der Waals surface area contributed by atoms with Gasteiger partial charge in [-0.3, -0.25) is 0 Å². The zero-order valence-corrected chi connectivity index (χ0v) is 10.5. The van der Waals surface area contributed by atoms with E-state index in [1.165, 1.54) is 0 Å². The minimum Gasteiger partial charge on any atom is -0.445 e. The second-order valence-corrected chi connectivity index (χ2v) is 5.76. The van der Waals surface area contributed by atoms with Crippen LogP contribution in [-0.4, -0.2) is 30.2 Å². The molecule has 0 saturated carbocycles. The summed E-state index contributed by atoms with van der Waals surface area (Å²) in [5.41, 5.74) is 0.00862. The first-order valence-electron chi connectivity index (χ1n) is 5.78. The lowest BCUT2D eigenvalue weighted by atomic mass is 9.82. The lowest BCUT2D eigenvalue weighted by Crippen LogP contribution is -2.46. The average Bonchev–Trinajstić information content (AvgIpc) is 1.93. The normalized spacial score (nSPS) is 18.7. The molecule has 88 valence electrons. The summed E-state index contributed by atoms with van der Waals surface area (Å²) >= 11 is 0. The van der Waals surface area contributed by atoms with Crippen LogP contribution in [0.4, 0.5) is 4.79 Å². The minimum absolute atomic E-state index is 0.00862. The standard InChI is InChI=1S/C12H23NO2/c1-9(2)10(12(3,4)5)15-11(14)13-7-6-8-13/h9-10H,6-8H2,1-5H3/t10-/m0/s1. The molecule has 1 saturated heterocycles. The van der Waals surface area contributed by atoms with Crippen molar-refractivity contribution in [1.82, 2.24) is 4.90 Å². The number of amides is 1. The van der Waals surface area contributed by atoms with Crippen LogP contribution in [-0.2, 0) is 4.74 Å². The van der Waals surface area contributed by atoms with E-state index in [0.29, 0.717) is 5.92 Å². The van der Waals surface area contributed by atoms with Crippen molar-refractivity contribution in [3.05, 3.63) is 0 Å². The first-order valence-corrected chi connectivity index (χ1v) is 5.78. The van der Waals surface area contributed by atoms with Crippen LogP contribution in [0.15, 0.2) is 0 Å². The van der Waals surface area contributed by atoms with Crippen molar-refractivity contribution in [1.29, 1.82) is 0 Å². The molecule has 0 aromatic rings. The maximum absolute atomic E-state index is 11.7. The summed E-state index contributed by atoms with van der Waals surface area (Å²) in [5, 5.41) is 0. The highest BCUT2D eigenvalue weighted by molar-refractivity contribution is 5.68. The van der Waals surface area contributed by atoms with Crippen molar-refractivity contribution in [2.75, 3.05) is 13.1 Å². The fourth-order valence-corrected chi connectivity index (χ4v) is 1.99. The molecule has 3 heteroatoms. The largest absolute Gasteiger partial charge is 0.445 e. The van der Waals surface area contributed by atoms with Crippen molar-refractivity contribution < 1.29 is 9.53 Å². The molecule has 1 atom stereocenters. The minimum atomic E-state index is -0.144. The molecular formula is C12H23NO2. The van der Waals surface area contributed by atoms with Crippen LogP contribution >= 0.6 is 0 Å². The third-order valence-electron chi connectivity index (χ3n) is 2.80. The van der Waals surface area contributed by atoms with E-state index < -0.39 is 0 Å². The van der Waals surface area contributed by atoms with Crippen LogP contribution in [0.2, 0.25) is 0 Å². The second-order valence-electron chi connectivity index (χ2n) is 5.76. The number of carbonyl (C=O) groups excluding carboxylic acids is 1. The second kappa shape index (κ2) is 4.42. The highest BCUT2D eigenvalue weighted by atomic mass is 16.6. The Morgan fingerprint density at radius 1 is 1.27 bits per heavy atom. The average molecular weight is 213 g/mol. The highest BCUT2D eigenvalue weighted by Crippen LogP contribution is 2.29. The Hall–Kier alpha value is -0.730. The fraction of sp³-hybridized carbons (Fsp3) is 0.917. The van der Waals surface area contributed by atoms with Gasteiger partial charge in [0.1, 0.15) is 6.10 Å². The Morgan fingerprint density at radius 3 is 2.07 bits per heavy atom. The molecule has 0 aliphatic carbocycles. The Bertz CT molecular complexity index is 226. The number of ether oxygens (including phenoxy) is 1. The van der Waals surface area contributed by atoms with Gasteiger partial charge in [0.25, 0.3) is 0 Å². The summed E-state index contributed by atoms with van der Waals surface area (Å²) < 4.78 is 5.57. The first kappa shape index (κ1) is 12.3. The van der Waals surface area contributed by atoms with E-state index in [4.69, 9.17) is 4.74 Å². The van der Waals surface area contributed by atoms with Gasteiger partial charge in [0, 0.05) is 13.1 Å². The lowest BCUT2D eigenvalue weighted by molar-refractivity contribution is -0.0228. The van der Waals surface area contributed by atoms with Gasteiger partial charge in [-0.2, -0.15) is 0 Å². The third-order valence-corrected chi connectivity index (χ3v) is 2.80. The summed E-state index contributed by atoms with van der Waals surface area (Å²) in [5.74, 6) is 0.357. The van der Waals surface area contributed by atoms with Crippen LogP contribution in [0.25, 0.3) is 0 Å². The van der Waals surface area contributed by atoms with E-state index in [0.717, 1.165) is 19.5 Å². The van der Waals surface area contributed by atoms with E-state index in [9.17, 15) is 4.79 Å². The molecule has 1 amide bonds. The van der Waals surface area contributed by atoms with E-state index in [1.54, 1.807) is 4.90 Å². The monoisotopic (exact) mass is 213 g/mol. The molecular weight excluding hydrogens is 190 g/mol. The van der Waals surface area contributed by atoms with Gasteiger partial charge in [0.05, 0.1) is 0 Å². The Labute approximate surface area is 92.8 Å². The molecule has 1 fully saturated rings. The Morgan fingerprint density at radius 2 is 1.80 bits per heavy atom. The molecule has 0 radical (unpaired) electrons. The van der Waals surface area contributed by atoms with Crippen LogP contribution in [0.3, 0.4) is 0 Å². The molecule has 15 heavy (non-hydrogen) atoms. The zero-order valence-electron chi connectivity index (χ0n) is 10.5. The molecule has 1 aliphatic rings. The van der Waals surface area contributed by atoms with Crippen molar-refractivity contribution in [3.63, 3.8) is 0 Å². The van der Waals surface area contributed by atoms with Crippen LogP contribution in [0, 0.1) is 11.3 Å². The third kappa shape index (κ3) is 3.11. The molecule has 0 unspecified atom stereocenters. The quantitative estimate of drug-likeness (QED) is 0.706. The van der Waals surface area contributed by atoms with Gasteiger partial charge in [0.15, 0.2) is 0 Å². The summed E-state index contributed by atoms with van der Waals surface area (Å²) in [6.07, 6.45) is 0.956. The van der Waals surface area contributed by atoms with Gasteiger partial charge < -0.3 is 9.64 Å². The Kier molecular flexibility index (Phi) is 3.63. The van der Waals surface area contributed by atoms with E-state index in [-0.39, 0.29) is 17.6 Å². The molecule has 0 spiro atoms. The van der Waals surface area contributed by atoms with Crippen molar-refractivity contribution >= 4 is 6.09 Å². The number of nitrogens with zero attached hydrogens (tertiary/aromatic N) is 1. The van der Waals surface area contributed by atoms with Gasteiger partial charge >= 0.3 is 6.09 Å². The van der Waals surface area contributed by atoms with Gasteiger partial charge in [0.2, 0.25) is 0 Å². The lowest BCUT2D eigenvalue weighted by Gasteiger charge is -2.37. The molecule has 0 aromatic carbocycles. The van der Waals surface area contributed by atoms with E-state index >= 15 is 0 Å². The number of hydrogen-bond donors (Lipinski definition) is 0.